The number of piperidine rings is 1. The molecule has 7 nitrogen and oxygen atoms in total. The fourth-order valence-electron chi connectivity index (χ4n) is 2.89. The van der Waals surface area contributed by atoms with Crippen molar-refractivity contribution in [1.82, 2.24) is 9.21 Å². The van der Waals surface area contributed by atoms with E-state index in [0.29, 0.717) is 19.5 Å². The summed E-state index contributed by atoms with van der Waals surface area (Å²) >= 11 is 0. The third kappa shape index (κ3) is 4.82. The summed E-state index contributed by atoms with van der Waals surface area (Å²) in [6.07, 6.45) is 3.45. The van der Waals surface area contributed by atoms with Gasteiger partial charge in [0.2, 0.25) is 15.9 Å². The molecule has 1 aliphatic rings. The van der Waals surface area contributed by atoms with Gasteiger partial charge in [-0.3, -0.25) is 4.79 Å². The SMILES string of the molecule is CC(C(=O)O)N(C)C(=O)CCc1ccc(S(=O)(=O)N2CCCCC2)cc1. The van der Waals surface area contributed by atoms with Gasteiger partial charge in [-0.05, 0) is 43.9 Å². The lowest BCUT2D eigenvalue weighted by molar-refractivity contribution is -0.148. The molecule has 0 bridgehead atoms. The molecule has 0 saturated carbocycles. The summed E-state index contributed by atoms with van der Waals surface area (Å²) in [5.41, 5.74) is 0.840. The van der Waals surface area contributed by atoms with Crippen LogP contribution in [0.5, 0.6) is 0 Å². The van der Waals surface area contributed by atoms with E-state index in [1.54, 1.807) is 24.3 Å². The van der Waals surface area contributed by atoms with Gasteiger partial charge in [-0.15, -0.1) is 0 Å². The minimum atomic E-state index is -3.45. The van der Waals surface area contributed by atoms with E-state index in [0.717, 1.165) is 24.8 Å². The highest BCUT2D eigenvalue weighted by atomic mass is 32.2. The van der Waals surface area contributed by atoms with Gasteiger partial charge in [0.1, 0.15) is 6.04 Å². The molecule has 1 unspecified atom stereocenters. The Kier molecular flexibility index (Phi) is 6.77. The number of rotatable bonds is 7. The summed E-state index contributed by atoms with van der Waals surface area (Å²) < 4.78 is 26.7. The fraction of sp³-hybridized carbons (Fsp3) is 0.556. The molecule has 1 aliphatic heterocycles. The van der Waals surface area contributed by atoms with Crippen molar-refractivity contribution in [3.63, 3.8) is 0 Å². The van der Waals surface area contributed by atoms with E-state index in [2.05, 4.69) is 0 Å². The van der Waals surface area contributed by atoms with Crippen molar-refractivity contribution in [2.75, 3.05) is 20.1 Å². The number of nitrogens with zero attached hydrogens (tertiary/aromatic N) is 2. The van der Waals surface area contributed by atoms with Gasteiger partial charge in [0.25, 0.3) is 0 Å². The minimum absolute atomic E-state index is 0.173. The molecule has 8 heteroatoms. The number of carboxylic acid groups (broad SMARTS) is 1. The summed E-state index contributed by atoms with van der Waals surface area (Å²) in [7, 11) is -1.98. The number of carbonyl (C=O) groups excluding carboxylic acids is 1. The smallest absolute Gasteiger partial charge is 0.326 e. The van der Waals surface area contributed by atoms with Gasteiger partial charge in [0.05, 0.1) is 4.90 Å². The van der Waals surface area contributed by atoms with E-state index >= 15 is 0 Å². The van der Waals surface area contributed by atoms with E-state index < -0.39 is 22.0 Å². The zero-order valence-electron chi connectivity index (χ0n) is 15.2. The van der Waals surface area contributed by atoms with Crippen LogP contribution in [0.1, 0.15) is 38.2 Å². The molecule has 1 heterocycles. The predicted molar refractivity (Wildman–Crippen MR) is 97.2 cm³/mol. The Morgan fingerprint density at radius 1 is 1.15 bits per heavy atom. The quantitative estimate of drug-likeness (QED) is 0.775. The molecule has 2 rings (SSSR count). The van der Waals surface area contributed by atoms with Crippen LogP contribution in [0.4, 0.5) is 0 Å². The average Bonchev–Trinajstić information content (AvgIpc) is 2.65. The van der Waals surface area contributed by atoms with E-state index in [4.69, 9.17) is 5.11 Å². The second kappa shape index (κ2) is 8.64. The van der Waals surface area contributed by atoms with Crippen LogP contribution in [-0.4, -0.2) is 60.8 Å². The first kappa shape index (κ1) is 20.4. The van der Waals surface area contributed by atoms with Crippen LogP contribution in [0, 0.1) is 0 Å². The highest BCUT2D eigenvalue weighted by molar-refractivity contribution is 7.89. The number of benzene rings is 1. The molecule has 1 saturated heterocycles. The maximum absolute atomic E-state index is 12.6. The van der Waals surface area contributed by atoms with Crippen LogP contribution < -0.4 is 0 Å². The normalized spacial score (nSPS) is 16.8. The number of amides is 1. The number of carboxylic acids is 1. The Hall–Kier alpha value is -1.93. The molecule has 1 atom stereocenters. The number of carbonyl (C=O) groups is 2. The Balaban J connectivity index is 1.97. The number of likely N-dealkylation sites (N-methyl/N-ethyl adjacent to an activating group) is 1. The summed E-state index contributed by atoms with van der Waals surface area (Å²) in [5.74, 6) is -1.31. The number of sulfonamides is 1. The molecule has 0 aliphatic carbocycles. The lowest BCUT2D eigenvalue weighted by Gasteiger charge is -2.25. The molecule has 1 fully saturated rings. The monoisotopic (exact) mass is 382 g/mol. The molecule has 1 aromatic rings. The van der Waals surface area contributed by atoms with Crippen LogP contribution in [-0.2, 0) is 26.0 Å². The fourth-order valence-corrected chi connectivity index (χ4v) is 4.41. The maximum Gasteiger partial charge on any atom is 0.326 e. The first-order valence-corrected chi connectivity index (χ1v) is 10.2. The van der Waals surface area contributed by atoms with Crippen molar-refractivity contribution in [2.45, 2.75) is 50.0 Å². The van der Waals surface area contributed by atoms with E-state index in [1.165, 1.54) is 23.2 Å². The standard InChI is InChI=1S/C18H26N2O5S/c1-14(18(22)23)19(2)17(21)11-8-15-6-9-16(10-7-15)26(24,25)20-12-4-3-5-13-20/h6-7,9-10,14H,3-5,8,11-13H2,1-2H3,(H,22,23). The molecule has 0 aromatic heterocycles. The Labute approximate surface area is 154 Å². The second-order valence-electron chi connectivity index (χ2n) is 6.63. The Morgan fingerprint density at radius 2 is 1.73 bits per heavy atom. The molecule has 1 aromatic carbocycles. The van der Waals surface area contributed by atoms with Crippen molar-refractivity contribution in [2.24, 2.45) is 0 Å². The van der Waals surface area contributed by atoms with Crippen LogP contribution in [0.3, 0.4) is 0 Å². The lowest BCUT2D eigenvalue weighted by Crippen LogP contribution is -2.40. The zero-order valence-corrected chi connectivity index (χ0v) is 16.0. The van der Waals surface area contributed by atoms with E-state index in [9.17, 15) is 18.0 Å². The number of aryl methyl sites for hydroxylation is 1. The Bertz CT molecular complexity index is 739. The van der Waals surface area contributed by atoms with Crippen LogP contribution in [0.25, 0.3) is 0 Å². The van der Waals surface area contributed by atoms with Gasteiger partial charge < -0.3 is 10.0 Å². The van der Waals surface area contributed by atoms with E-state index in [-0.39, 0.29) is 17.2 Å². The maximum atomic E-state index is 12.6. The molecule has 26 heavy (non-hydrogen) atoms. The van der Waals surface area contributed by atoms with Gasteiger partial charge in [-0.25, -0.2) is 13.2 Å². The Morgan fingerprint density at radius 3 is 2.27 bits per heavy atom. The first-order valence-electron chi connectivity index (χ1n) is 8.81. The minimum Gasteiger partial charge on any atom is -0.480 e. The van der Waals surface area contributed by atoms with Gasteiger partial charge >= 0.3 is 5.97 Å². The molecule has 1 amide bonds. The van der Waals surface area contributed by atoms with Crippen LogP contribution >= 0.6 is 0 Å². The first-order chi connectivity index (χ1) is 12.2. The largest absolute Gasteiger partial charge is 0.480 e. The summed E-state index contributed by atoms with van der Waals surface area (Å²) in [4.78, 5) is 24.5. The number of aliphatic carboxylic acids is 1. The zero-order chi connectivity index (χ0) is 19.3. The average molecular weight is 382 g/mol. The summed E-state index contributed by atoms with van der Waals surface area (Å²) in [6.45, 7) is 2.58. The lowest BCUT2D eigenvalue weighted by atomic mass is 10.1. The van der Waals surface area contributed by atoms with Crippen molar-refractivity contribution in [3.05, 3.63) is 29.8 Å². The highest BCUT2D eigenvalue weighted by Gasteiger charge is 2.26. The third-order valence-electron chi connectivity index (χ3n) is 4.84. The van der Waals surface area contributed by atoms with Gasteiger partial charge in [0.15, 0.2) is 0 Å². The van der Waals surface area contributed by atoms with Gasteiger partial charge in [-0.2, -0.15) is 4.31 Å². The predicted octanol–water partition coefficient (Wildman–Crippen LogP) is 1.73. The summed E-state index contributed by atoms with van der Waals surface area (Å²) in [5, 5.41) is 8.95. The van der Waals surface area contributed by atoms with Crippen LogP contribution in [0.2, 0.25) is 0 Å². The van der Waals surface area contributed by atoms with Gasteiger partial charge in [0, 0.05) is 26.6 Å². The number of hydrogen-bond acceptors (Lipinski definition) is 4. The van der Waals surface area contributed by atoms with Crippen molar-refractivity contribution in [1.29, 1.82) is 0 Å². The van der Waals surface area contributed by atoms with E-state index in [1.807, 2.05) is 0 Å². The van der Waals surface area contributed by atoms with Crippen molar-refractivity contribution < 1.29 is 23.1 Å². The molecular weight excluding hydrogens is 356 g/mol. The third-order valence-corrected chi connectivity index (χ3v) is 6.75. The van der Waals surface area contributed by atoms with Gasteiger partial charge in [-0.1, -0.05) is 18.6 Å². The molecule has 1 N–H and O–H groups in total. The molecule has 144 valence electrons. The topological polar surface area (TPSA) is 95.0 Å². The second-order valence-corrected chi connectivity index (χ2v) is 8.57. The van der Waals surface area contributed by atoms with Crippen molar-refractivity contribution in [3.8, 4) is 0 Å². The van der Waals surface area contributed by atoms with Crippen LogP contribution in [0.15, 0.2) is 29.2 Å². The summed E-state index contributed by atoms with van der Waals surface area (Å²) in [6, 6.07) is 5.70. The molecular formula is C18H26N2O5S. The van der Waals surface area contributed by atoms with Crippen molar-refractivity contribution >= 4 is 21.9 Å². The highest BCUT2D eigenvalue weighted by Crippen LogP contribution is 2.21. The molecule has 0 radical (unpaired) electrons. The molecule has 0 spiro atoms. The number of hydrogen-bond donors (Lipinski definition) is 1.